The monoisotopic (exact) mass is 381 g/mol. The molecule has 0 aliphatic heterocycles. The number of amides is 1. The van der Waals surface area contributed by atoms with Crippen molar-refractivity contribution in [1.29, 1.82) is 0 Å². The molecule has 0 bridgehead atoms. The minimum absolute atomic E-state index is 0.0398. The van der Waals surface area contributed by atoms with Crippen molar-refractivity contribution in [2.75, 3.05) is 11.1 Å². The van der Waals surface area contributed by atoms with Crippen LogP contribution in [-0.2, 0) is 14.6 Å². The second-order valence-corrected chi connectivity index (χ2v) is 8.08. The minimum Gasteiger partial charge on any atom is -0.323 e. The first-order chi connectivity index (χ1) is 13.0. The molecule has 138 valence electrons. The molecule has 0 aliphatic carbocycles. The average molecular weight is 381 g/mol. The van der Waals surface area contributed by atoms with Crippen molar-refractivity contribution in [3.63, 3.8) is 0 Å². The van der Waals surface area contributed by atoms with Crippen LogP contribution in [0.4, 0.5) is 5.69 Å². The number of para-hydroxylation sites is 1. The van der Waals surface area contributed by atoms with E-state index in [1.807, 2.05) is 36.5 Å². The van der Waals surface area contributed by atoms with Crippen molar-refractivity contribution < 1.29 is 13.2 Å². The molecule has 0 fully saturated rings. The first kappa shape index (κ1) is 18.6. The van der Waals surface area contributed by atoms with Gasteiger partial charge in [0, 0.05) is 23.5 Å². The van der Waals surface area contributed by atoms with Crippen LogP contribution >= 0.6 is 0 Å². The number of rotatable bonds is 6. The van der Waals surface area contributed by atoms with E-state index >= 15 is 0 Å². The molecule has 2 aromatic carbocycles. The first-order valence-corrected chi connectivity index (χ1v) is 10.0. The van der Waals surface area contributed by atoms with Crippen molar-refractivity contribution in [3.05, 3.63) is 78.6 Å². The topological polar surface area (TPSA) is 81.1 Å². The zero-order valence-electron chi connectivity index (χ0n) is 14.7. The van der Waals surface area contributed by atoms with E-state index < -0.39 is 9.84 Å². The fraction of sp³-hybridized carbons (Fsp3) is 0.100. The molecular formula is C20H19N3O3S. The van der Waals surface area contributed by atoms with Crippen LogP contribution in [0.25, 0.3) is 11.8 Å². The van der Waals surface area contributed by atoms with Crippen molar-refractivity contribution in [3.8, 4) is 5.69 Å². The molecule has 0 saturated heterocycles. The fourth-order valence-electron chi connectivity index (χ4n) is 2.41. The highest BCUT2D eigenvalue weighted by Crippen LogP contribution is 2.15. The normalized spacial score (nSPS) is 11.6. The molecule has 7 heteroatoms. The lowest BCUT2D eigenvalue weighted by Gasteiger charge is -2.04. The van der Waals surface area contributed by atoms with Crippen LogP contribution in [0.15, 0.2) is 78.0 Å². The second kappa shape index (κ2) is 8.01. The lowest BCUT2D eigenvalue weighted by molar-refractivity contribution is -0.111. The van der Waals surface area contributed by atoms with Crippen LogP contribution in [0.3, 0.4) is 0 Å². The number of hydrogen-bond donors (Lipinski definition) is 1. The summed E-state index contributed by atoms with van der Waals surface area (Å²) >= 11 is 0. The molecule has 0 aliphatic rings. The summed E-state index contributed by atoms with van der Waals surface area (Å²) in [6, 6.07) is 15.8. The van der Waals surface area contributed by atoms with E-state index in [0.29, 0.717) is 5.69 Å². The number of nitrogens with one attached hydrogen (secondary N) is 1. The third-order valence-electron chi connectivity index (χ3n) is 3.91. The number of sulfone groups is 1. The molecular weight excluding hydrogens is 362 g/mol. The molecule has 1 amide bonds. The Bertz CT molecular complexity index is 1050. The van der Waals surface area contributed by atoms with Gasteiger partial charge in [0.25, 0.3) is 0 Å². The van der Waals surface area contributed by atoms with Crippen molar-refractivity contribution >= 4 is 27.5 Å². The summed E-state index contributed by atoms with van der Waals surface area (Å²) in [6.07, 6.45) is 6.56. The molecule has 0 atom stereocenters. The van der Waals surface area contributed by atoms with Crippen LogP contribution in [-0.4, -0.2) is 29.9 Å². The predicted molar refractivity (Wildman–Crippen MR) is 105 cm³/mol. The van der Waals surface area contributed by atoms with Crippen LogP contribution in [0.2, 0.25) is 0 Å². The summed E-state index contributed by atoms with van der Waals surface area (Å²) in [5, 5.41) is 6.97. The molecule has 0 saturated carbocycles. The van der Waals surface area contributed by atoms with Gasteiger partial charge < -0.3 is 5.32 Å². The van der Waals surface area contributed by atoms with Gasteiger partial charge in [0.2, 0.25) is 5.91 Å². The summed E-state index contributed by atoms with van der Waals surface area (Å²) in [7, 11) is -3.25. The van der Waals surface area contributed by atoms with Crippen LogP contribution in [0.1, 0.15) is 12.5 Å². The van der Waals surface area contributed by atoms with Crippen molar-refractivity contribution in [2.45, 2.75) is 11.8 Å². The SMILES string of the molecule is CCS(=O)(=O)c1ccc(NC(=O)/C=C/c2cnn(-c3ccccc3)c2)cc1. The molecule has 0 radical (unpaired) electrons. The summed E-state index contributed by atoms with van der Waals surface area (Å²) in [5.41, 5.74) is 2.25. The standard InChI is InChI=1S/C20H19N3O3S/c1-2-27(25,26)19-11-9-17(10-12-19)22-20(24)13-8-16-14-21-23(15-16)18-6-4-3-5-7-18/h3-15H,2H2,1H3,(H,22,24)/b13-8+. The Morgan fingerprint density at radius 2 is 1.81 bits per heavy atom. The van der Waals surface area contributed by atoms with Crippen LogP contribution in [0.5, 0.6) is 0 Å². The quantitative estimate of drug-likeness (QED) is 0.664. The molecule has 3 rings (SSSR count). The maximum atomic E-state index is 12.1. The van der Waals surface area contributed by atoms with E-state index in [1.165, 1.54) is 18.2 Å². The predicted octanol–water partition coefficient (Wildman–Crippen LogP) is 3.32. The Hall–Kier alpha value is -3.19. The number of carbonyl (C=O) groups is 1. The molecule has 1 N–H and O–H groups in total. The summed E-state index contributed by atoms with van der Waals surface area (Å²) in [4.78, 5) is 12.3. The Labute approximate surface area is 158 Å². The largest absolute Gasteiger partial charge is 0.323 e. The zero-order valence-corrected chi connectivity index (χ0v) is 15.6. The molecule has 0 spiro atoms. The molecule has 27 heavy (non-hydrogen) atoms. The van der Waals surface area contributed by atoms with E-state index in [1.54, 1.807) is 36.0 Å². The Morgan fingerprint density at radius 1 is 1.11 bits per heavy atom. The molecule has 6 nitrogen and oxygen atoms in total. The lowest BCUT2D eigenvalue weighted by Crippen LogP contribution is -2.08. The van der Waals surface area contributed by atoms with Gasteiger partial charge in [-0.2, -0.15) is 5.10 Å². The van der Waals surface area contributed by atoms with Crippen LogP contribution in [0, 0.1) is 0 Å². The van der Waals surface area contributed by atoms with Crippen LogP contribution < -0.4 is 5.32 Å². The molecule has 3 aromatic rings. The number of anilines is 1. The second-order valence-electron chi connectivity index (χ2n) is 5.80. The number of benzene rings is 2. The Balaban J connectivity index is 1.63. The van der Waals surface area contributed by atoms with Gasteiger partial charge in [0.1, 0.15) is 0 Å². The Kier molecular flexibility index (Phi) is 5.52. The average Bonchev–Trinajstić information content (AvgIpc) is 3.17. The van der Waals surface area contributed by atoms with E-state index in [-0.39, 0.29) is 16.6 Å². The molecule has 1 aromatic heterocycles. The highest BCUT2D eigenvalue weighted by Gasteiger charge is 2.11. The highest BCUT2D eigenvalue weighted by atomic mass is 32.2. The van der Waals surface area contributed by atoms with Crippen molar-refractivity contribution in [1.82, 2.24) is 9.78 Å². The van der Waals surface area contributed by atoms with Gasteiger partial charge >= 0.3 is 0 Å². The van der Waals surface area contributed by atoms with Crippen molar-refractivity contribution in [2.24, 2.45) is 0 Å². The first-order valence-electron chi connectivity index (χ1n) is 8.40. The smallest absolute Gasteiger partial charge is 0.248 e. The van der Waals surface area contributed by atoms with Gasteiger partial charge in [-0.05, 0) is 42.5 Å². The lowest BCUT2D eigenvalue weighted by atomic mass is 10.3. The zero-order chi connectivity index (χ0) is 19.3. The van der Waals surface area contributed by atoms with Gasteiger partial charge in [-0.3, -0.25) is 4.79 Å². The van der Waals surface area contributed by atoms with Gasteiger partial charge in [-0.25, -0.2) is 13.1 Å². The van der Waals surface area contributed by atoms with Gasteiger partial charge in [-0.15, -0.1) is 0 Å². The highest BCUT2D eigenvalue weighted by molar-refractivity contribution is 7.91. The number of aromatic nitrogens is 2. The Morgan fingerprint density at radius 3 is 2.48 bits per heavy atom. The molecule has 0 unspecified atom stereocenters. The summed E-state index contributed by atoms with van der Waals surface area (Å²) < 4.78 is 25.3. The minimum atomic E-state index is -3.25. The van der Waals surface area contributed by atoms with Gasteiger partial charge in [0.05, 0.1) is 22.5 Å². The van der Waals surface area contributed by atoms with E-state index in [2.05, 4.69) is 10.4 Å². The van der Waals surface area contributed by atoms with E-state index in [0.717, 1.165) is 11.3 Å². The summed E-state index contributed by atoms with van der Waals surface area (Å²) in [5.74, 6) is -0.272. The third-order valence-corrected chi connectivity index (χ3v) is 5.66. The van der Waals surface area contributed by atoms with Gasteiger partial charge in [0.15, 0.2) is 9.84 Å². The maximum absolute atomic E-state index is 12.1. The van der Waals surface area contributed by atoms with E-state index in [4.69, 9.17) is 0 Å². The summed E-state index contributed by atoms with van der Waals surface area (Å²) in [6.45, 7) is 1.59. The van der Waals surface area contributed by atoms with Gasteiger partial charge in [-0.1, -0.05) is 25.1 Å². The molecule has 1 heterocycles. The number of nitrogens with zero attached hydrogens (tertiary/aromatic N) is 2. The maximum Gasteiger partial charge on any atom is 0.248 e. The number of hydrogen-bond acceptors (Lipinski definition) is 4. The van der Waals surface area contributed by atoms with E-state index in [9.17, 15) is 13.2 Å². The fourth-order valence-corrected chi connectivity index (χ4v) is 3.30. The number of carbonyl (C=O) groups excluding carboxylic acids is 1. The third kappa shape index (κ3) is 4.71.